The van der Waals surface area contributed by atoms with Crippen LogP contribution in [0.4, 0.5) is 14.5 Å². The monoisotopic (exact) mass is 346 g/mol. The molecular formula is C12H6BrClF2N2O. The molecule has 0 unspecified atom stereocenters. The minimum absolute atomic E-state index is 0.370. The van der Waals surface area contributed by atoms with E-state index in [1.165, 1.54) is 6.07 Å². The summed E-state index contributed by atoms with van der Waals surface area (Å²) in [7, 11) is 0. The number of carbonyl (C=O) groups excluding carboxylic acids is 1. The molecule has 2 aromatic rings. The van der Waals surface area contributed by atoms with Crippen molar-refractivity contribution in [3.05, 3.63) is 57.3 Å². The highest BCUT2D eigenvalue weighted by Crippen LogP contribution is 2.25. The Morgan fingerprint density at radius 3 is 2.74 bits per heavy atom. The summed E-state index contributed by atoms with van der Waals surface area (Å²) in [5, 5.41) is 2.80. The molecule has 0 aliphatic heterocycles. The van der Waals surface area contributed by atoms with E-state index in [0.29, 0.717) is 15.2 Å². The molecule has 0 radical (unpaired) electrons. The minimum Gasteiger partial charge on any atom is -0.322 e. The normalized spacial score (nSPS) is 10.3. The maximum Gasteiger partial charge on any atom is 0.258 e. The molecule has 0 spiro atoms. The fourth-order valence-corrected chi connectivity index (χ4v) is 1.79. The van der Waals surface area contributed by atoms with Gasteiger partial charge in [-0.25, -0.2) is 9.37 Å². The first-order chi connectivity index (χ1) is 8.99. The molecule has 7 heteroatoms. The van der Waals surface area contributed by atoms with E-state index >= 15 is 0 Å². The molecule has 1 aromatic heterocycles. The lowest BCUT2D eigenvalue weighted by molar-refractivity contribution is 0.102. The van der Waals surface area contributed by atoms with Crippen LogP contribution in [0, 0.1) is 11.8 Å². The number of nitrogens with zero attached hydrogens (tertiary/aromatic N) is 1. The van der Waals surface area contributed by atoms with Crippen LogP contribution in [0.5, 0.6) is 0 Å². The molecule has 3 nitrogen and oxygen atoms in total. The molecule has 0 bridgehead atoms. The van der Waals surface area contributed by atoms with Crippen molar-refractivity contribution in [2.75, 3.05) is 5.32 Å². The largest absolute Gasteiger partial charge is 0.322 e. The summed E-state index contributed by atoms with van der Waals surface area (Å²) >= 11 is 9.06. The van der Waals surface area contributed by atoms with Crippen LogP contribution < -0.4 is 5.32 Å². The molecule has 1 amide bonds. The topological polar surface area (TPSA) is 42.0 Å². The SMILES string of the molecule is O=C(Nc1ccc(Br)c(Cl)c1)c1ccnc(F)c1F. The van der Waals surface area contributed by atoms with Gasteiger partial charge in [0.05, 0.1) is 10.6 Å². The van der Waals surface area contributed by atoms with Crippen molar-refractivity contribution in [2.24, 2.45) is 0 Å². The van der Waals surface area contributed by atoms with E-state index in [1.54, 1.807) is 12.1 Å². The van der Waals surface area contributed by atoms with Crippen LogP contribution in [0.3, 0.4) is 0 Å². The van der Waals surface area contributed by atoms with E-state index in [4.69, 9.17) is 11.6 Å². The van der Waals surface area contributed by atoms with Gasteiger partial charge in [-0.05, 0) is 40.2 Å². The molecule has 1 N–H and O–H groups in total. The number of benzene rings is 1. The van der Waals surface area contributed by atoms with Crippen molar-refractivity contribution >= 4 is 39.1 Å². The van der Waals surface area contributed by atoms with E-state index in [-0.39, 0.29) is 0 Å². The van der Waals surface area contributed by atoms with E-state index in [0.717, 1.165) is 12.3 Å². The predicted octanol–water partition coefficient (Wildman–Crippen LogP) is 4.03. The lowest BCUT2D eigenvalue weighted by atomic mass is 10.2. The molecule has 0 saturated carbocycles. The Hall–Kier alpha value is -1.53. The molecular weight excluding hydrogens is 341 g/mol. The number of pyridine rings is 1. The summed E-state index contributed by atoms with van der Waals surface area (Å²) in [4.78, 5) is 14.9. The van der Waals surface area contributed by atoms with Gasteiger partial charge in [0, 0.05) is 16.4 Å². The number of amides is 1. The Morgan fingerprint density at radius 1 is 1.32 bits per heavy atom. The molecule has 0 aliphatic carbocycles. The van der Waals surface area contributed by atoms with E-state index in [2.05, 4.69) is 26.2 Å². The van der Waals surface area contributed by atoms with E-state index < -0.39 is 23.2 Å². The van der Waals surface area contributed by atoms with Crippen LogP contribution in [-0.2, 0) is 0 Å². The van der Waals surface area contributed by atoms with Gasteiger partial charge in [0.15, 0.2) is 5.82 Å². The van der Waals surface area contributed by atoms with Crippen LogP contribution in [-0.4, -0.2) is 10.9 Å². The van der Waals surface area contributed by atoms with Crippen molar-refractivity contribution in [1.29, 1.82) is 0 Å². The van der Waals surface area contributed by atoms with Crippen molar-refractivity contribution in [3.63, 3.8) is 0 Å². The molecule has 0 atom stereocenters. The minimum atomic E-state index is -1.32. The Labute approximate surface area is 120 Å². The fourth-order valence-electron chi connectivity index (χ4n) is 1.37. The number of anilines is 1. The van der Waals surface area contributed by atoms with Crippen LogP contribution in [0.1, 0.15) is 10.4 Å². The Balaban J connectivity index is 2.26. The average molecular weight is 348 g/mol. The van der Waals surface area contributed by atoms with E-state index in [1.807, 2.05) is 0 Å². The third-order valence-corrected chi connectivity index (χ3v) is 3.50. The second-order valence-electron chi connectivity index (χ2n) is 3.55. The predicted molar refractivity (Wildman–Crippen MR) is 71.3 cm³/mol. The van der Waals surface area contributed by atoms with Gasteiger partial charge < -0.3 is 5.32 Å². The smallest absolute Gasteiger partial charge is 0.258 e. The van der Waals surface area contributed by atoms with Gasteiger partial charge in [0.1, 0.15) is 0 Å². The zero-order valence-corrected chi connectivity index (χ0v) is 11.6. The van der Waals surface area contributed by atoms with Gasteiger partial charge in [0.2, 0.25) is 5.95 Å². The second-order valence-corrected chi connectivity index (χ2v) is 4.81. The third-order valence-electron chi connectivity index (χ3n) is 2.27. The Bertz CT molecular complexity index is 652. The average Bonchev–Trinajstić information content (AvgIpc) is 2.37. The molecule has 0 saturated heterocycles. The van der Waals surface area contributed by atoms with Crippen molar-refractivity contribution in [1.82, 2.24) is 4.98 Å². The van der Waals surface area contributed by atoms with Crippen molar-refractivity contribution in [2.45, 2.75) is 0 Å². The Morgan fingerprint density at radius 2 is 2.05 bits per heavy atom. The standard InChI is InChI=1S/C12H6BrClF2N2O/c13-8-2-1-6(5-9(8)14)18-12(19)7-3-4-17-11(16)10(7)15/h1-5H,(H,18,19). The molecule has 98 valence electrons. The molecule has 0 aliphatic rings. The zero-order chi connectivity index (χ0) is 14.0. The quantitative estimate of drug-likeness (QED) is 0.834. The number of nitrogens with one attached hydrogen (secondary N) is 1. The highest BCUT2D eigenvalue weighted by atomic mass is 79.9. The van der Waals surface area contributed by atoms with Gasteiger partial charge in [-0.3, -0.25) is 4.79 Å². The first-order valence-electron chi connectivity index (χ1n) is 5.05. The van der Waals surface area contributed by atoms with Crippen LogP contribution >= 0.6 is 27.5 Å². The van der Waals surface area contributed by atoms with Gasteiger partial charge in [-0.15, -0.1) is 0 Å². The first kappa shape index (κ1) is 13.9. The van der Waals surface area contributed by atoms with E-state index in [9.17, 15) is 13.6 Å². The molecule has 2 rings (SSSR count). The maximum absolute atomic E-state index is 13.4. The number of hydrogen-bond acceptors (Lipinski definition) is 2. The lowest BCUT2D eigenvalue weighted by Gasteiger charge is -2.07. The lowest BCUT2D eigenvalue weighted by Crippen LogP contribution is -2.15. The number of carbonyl (C=O) groups is 1. The summed E-state index contributed by atoms with van der Waals surface area (Å²) < 4.78 is 26.9. The summed E-state index contributed by atoms with van der Waals surface area (Å²) in [6.45, 7) is 0. The second kappa shape index (κ2) is 5.63. The highest BCUT2D eigenvalue weighted by molar-refractivity contribution is 9.10. The van der Waals surface area contributed by atoms with Gasteiger partial charge in [-0.2, -0.15) is 4.39 Å². The molecule has 1 heterocycles. The van der Waals surface area contributed by atoms with Crippen molar-refractivity contribution < 1.29 is 13.6 Å². The third kappa shape index (κ3) is 3.08. The van der Waals surface area contributed by atoms with Gasteiger partial charge in [0.25, 0.3) is 5.91 Å². The van der Waals surface area contributed by atoms with Crippen molar-refractivity contribution in [3.8, 4) is 0 Å². The van der Waals surface area contributed by atoms with Crippen LogP contribution in [0.2, 0.25) is 5.02 Å². The number of aromatic nitrogens is 1. The van der Waals surface area contributed by atoms with Crippen LogP contribution in [0.15, 0.2) is 34.9 Å². The summed E-state index contributed by atoms with van der Waals surface area (Å²) in [5.74, 6) is -3.39. The number of halogens is 4. The highest BCUT2D eigenvalue weighted by Gasteiger charge is 2.16. The van der Waals surface area contributed by atoms with Gasteiger partial charge >= 0.3 is 0 Å². The fraction of sp³-hybridized carbons (Fsp3) is 0. The first-order valence-corrected chi connectivity index (χ1v) is 6.22. The summed E-state index contributed by atoms with van der Waals surface area (Å²) in [6.07, 6.45) is 1.02. The number of hydrogen-bond donors (Lipinski definition) is 1. The maximum atomic E-state index is 13.4. The molecule has 1 aromatic carbocycles. The van der Waals surface area contributed by atoms with Crippen LogP contribution in [0.25, 0.3) is 0 Å². The van der Waals surface area contributed by atoms with Gasteiger partial charge in [-0.1, -0.05) is 11.6 Å². The molecule has 19 heavy (non-hydrogen) atoms. The summed E-state index contributed by atoms with van der Waals surface area (Å²) in [5.41, 5.74) is -0.0543. The number of rotatable bonds is 2. The Kier molecular flexibility index (Phi) is 4.11. The zero-order valence-electron chi connectivity index (χ0n) is 9.25. The summed E-state index contributed by atoms with van der Waals surface area (Å²) in [6, 6.07) is 5.78. The molecule has 0 fully saturated rings.